The van der Waals surface area contributed by atoms with E-state index in [0.29, 0.717) is 11.6 Å². The minimum Gasteiger partial charge on any atom is -0.331 e. The average Bonchev–Trinajstić information content (AvgIpc) is 3.02. The van der Waals surface area contributed by atoms with Crippen molar-refractivity contribution in [1.29, 1.82) is 0 Å². The van der Waals surface area contributed by atoms with E-state index in [0.717, 1.165) is 24.1 Å². The Bertz CT molecular complexity index is 545. The summed E-state index contributed by atoms with van der Waals surface area (Å²) >= 11 is 1.44. The largest absolute Gasteiger partial charge is 0.331 e. The number of amides is 2. The zero-order chi connectivity index (χ0) is 19.4. The fourth-order valence-corrected chi connectivity index (χ4v) is 3.49. The highest BCUT2D eigenvalue weighted by Crippen LogP contribution is 2.17. The predicted molar refractivity (Wildman–Crippen MR) is 110 cm³/mol. The Morgan fingerprint density at radius 1 is 1.15 bits per heavy atom. The summed E-state index contributed by atoms with van der Waals surface area (Å²) in [5.74, 6) is -0.0917. The van der Waals surface area contributed by atoms with E-state index in [-0.39, 0.29) is 24.4 Å². The summed E-state index contributed by atoms with van der Waals surface area (Å²) in [5.41, 5.74) is 0. The number of thiazole rings is 1. The molecule has 1 unspecified atom stereocenters. The first-order valence-corrected chi connectivity index (χ1v) is 10.8. The molecule has 1 aromatic heterocycles. The summed E-state index contributed by atoms with van der Waals surface area (Å²) in [4.78, 5) is 31.8. The molecule has 5 nitrogen and oxygen atoms in total. The van der Waals surface area contributed by atoms with Gasteiger partial charge in [-0.05, 0) is 26.7 Å². The molecule has 1 rings (SSSR count). The second kappa shape index (κ2) is 12.8. The topological polar surface area (TPSA) is 62.3 Å². The lowest BCUT2D eigenvalue weighted by Gasteiger charge is -2.28. The van der Waals surface area contributed by atoms with Gasteiger partial charge in [0, 0.05) is 23.5 Å². The molecule has 6 heteroatoms. The van der Waals surface area contributed by atoms with Crippen molar-refractivity contribution in [3.63, 3.8) is 0 Å². The number of unbranched alkanes of at least 4 members (excludes halogenated alkanes) is 6. The summed E-state index contributed by atoms with van der Waals surface area (Å²) in [6.45, 7) is 8.31. The van der Waals surface area contributed by atoms with Gasteiger partial charge in [0.15, 0.2) is 5.13 Å². The van der Waals surface area contributed by atoms with E-state index in [1.807, 2.05) is 20.8 Å². The van der Waals surface area contributed by atoms with Gasteiger partial charge in [0.1, 0.15) is 6.54 Å². The highest BCUT2D eigenvalue weighted by molar-refractivity contribution is 7.15. The Hall–Kier alpha value is -1.43. The van der Waals surface area contributed by atoms with Gasteiger partial charge in [-0.25, -0.2) is 4.98 Å². The van der Waals surface area contributed by atoms with E-state index in [1.165, 1.54) is 43.4 Å². The van der Waals surface area contributed by atoms with Crippen LogP contribution in [-0.2, 0) is 9.59 Å². The van der Waals surface area contributed by atoms with Crippen LogP contribution in [-0.4, -0.2) is 34.3 Å². The van der Waals surface area contributed by atoms with E-state index in [2.05, 4.69) is 17.2 Å². The molecule has 0 spiro atoms. The lowest BCUT2D eigenvalue weighted by molar-refractivity contribution is -0.136. The number of carbonyl (C=O) groups excluding carboxylic acids is 2. The summed E-state index contributed by atoms with van der Waals surface area (Å²) in [7, 11) is 0. The Labute approximate surface area is 162 Å². The SMILES string of the molecule is CCCCCCCCCC(=O)N(CC(=O)Nc1ncc(C)s1)C(C)CC. The summed E-state index contributed by atoms with van der Waals surface area (Å²) in [5, 5.41) is 3.39. The molecular weight excluding hydrogens is 346 g/mol. The van der Waals surface area contributed by atoms with E-state index in [1.54, 1.807) is 11.1 Å². The molecule has 0 radical (unpaired) electrons. The van der Waals surface area contributed by atoms with E-state index >= 15 is 0 Å². The second-order valence-corrected chi connectivity index (χ2v) is 8.21. The van der Waals surface area contributed by atoms with Gasteiger partial charge in [0.2, 0.25) is 11.8 Å². The fourth-order valence-electron chi connectivity index (χ4n) is 2.81. The third-order valence-electron chi connectivity index (χ3n) is 4.62. The number of nitrogens with zero attached hydrogens (tertiary/aromatic N) is 2. The number of hydrogen-bond acceptors (Lipinski definition) is 4. The van der Waals surface area contributed by atoms with Crippen LogP contribution < -0.4 is 5.32 Å². The molecule has 0 aliphatic rings. The van der Waals surface area contributed by atoms with Gasteiger partial charge < -0.3 is 10.2 Å². The molecule has 1 N–H and O–H groups in total. The fraction of sp³-hybridized carbons (Fsp3) is 0.750. The van der Waals surface area contributed by atoms with Crippen LogP contribution in [0.2, 0.25) is 0 Å². The number of carbonyl (C=O) groups is 2. The molecule has 0 fully saturated rings. The zero-order valence-electron chi connectivity index (χ0n) is 16.8. The standard InChI is InChI=1S/C20H35N3O2S/c1-5-7-8-9-10-11-12-13-19(25)23(16(3)6-2)15-18(24)22-20-21-14-17(4)26-20/h14,16H,5-13,15H2,1-4H3,(H,21,22,24). The van der Waals surface area contributed by atoms with Crippen molar-refractivity contribution in [1.82, 2.24) is 9.88 Å². The molecule has 0 aliphatic carbocycles. The van der Waals surface area contributed by atoms with Crippen molar-refractivity contribution in [2.45, 2.75) is 91.5 Å². The first-order valence-electron chi connectivity index (χ1n) is 9.99. The Morgan fingerprint density at radius 2 is 1.81 bits per heavy atom. The van der Waals surface area contributed by atoms with Gasteiger partial charge in [0.25, 0.3) is 0 Å². The number of aryl methyl sites for hydroxylation is 1. The van der Waals surface area contributed by atoms with Gasteiger partial charge in [-0.15, -0.1) is 11.3 Å². The van der Waals surface area contributed by atoms with Gasteiger partial charge in [0.05, 0.1) is 0 Å². The molecule has 1 heterocycles. The molecule has 0 bridgehead atoms. The lowest BCUT2D eigenvalue weighted by atomic mass is 10.1. The normalized spacial score (nSPS) is 12.0. The van der Waals surface area contributed by atoms with Crippen LogP contribution in [0.15, 0.2) is 6.20 Å². The van der Waals surface area contributed by atoms with Crippen molar-refractivity contribution in [3.05, 3.63) is 11.1 Å². The van der Waals surface area contributed by atoms with Crippen molar-refractivity contribution < 1.29 is 9.59 Å². The minimum absolute atomic E-state index is 0.0656. The molecule has 26 heavy (non-hydrogen) atoms. The highest BCUT2D eigenvalue weighted by Gasteiger charge is 2.21. The Morgan fingerprint density at radius 3 is 2.38 bits per heavy atom. The third-order valence-corrected chi connectivity index (χ3v) is 5.45. The molecule has 0 aromatic carbocycles. The maximum absolute atomic E-state index is 12.6. The first-order chi connectivity index (χ1) is 12.5. The summed E-state index contributed by atoms with van der Waals surface area (Å²) in [6, 6.07) is 0.0656. The molecular formula is C20H35N3O2S. The predicted octanol–water partition coefficient (Wildman–Crippen LogP) is 5.16. The Balaban J connectivity index is 2.41. The smallest absolute Gasteiger partial charge is 0.245 e. The van der Waals surface area contributed by atoms with Gasteiger partial charge in [-0.1, -0.05) is 52.4 Å². The van der Waals surface area contributed by atoms with Crippen LogP contribution in [0.3, 0.4) is 0 Å². The molecule has 0 saturated heterocycles. The monoisotopic (exact) mass is 381 g/mol. The molecule has 2 amide bonds. The van der Waals surface area contributed by atoms with Crippen LogP contribution in [0.5, 0.6) is 0 Å². The number of hydrogen-bond donors (Lipinski definition) is 1. The number of nitrogens with one attached hydrogen (secondary N) is 1. The molecule has 148 valence electrons. The Kier molecular flexibility index (Phi) is 11.2. The van der Waals surface area contributed by atoms with E-state index in [4.69, 9.17) is 0 Å². The second-order valence-electron chi connectivity index (χ2n) is 6.97. The van der Waals surface area contributed by atoms with Crippen molar-refractivity contribution >= 4 is 28.3 Å². The summed E-state index contributed by atoms with van der Waals surface area (Å²) < 4.78 is 0. The number of rotatable bonds is 13. The van der Waals surface area contributed by atoms with E-state index in [9.17, 15) is 9.59 Å². The third kappa shape index (κ3) is 8.79. The molecule has 1 aromatic rings. The highest BCUT2D eigenvalue weighted by atomic mass is 32.1. The zero-order valence-corrected chi connectivity index (χ0v) is 17.7. The number of anilines is 1. The lowest BCUT2D eigenvalue weighted by Crippen LogP contribution is -2.43. The van der Waals surface area contributed by atoms with Gasteiger partial charge >= 0.3 is 0 Å². The van der Waals surface area contributed by atoms with Crippen LogP contribution >= 0.6 is 11.3 Å². The number of aromatic nitrogens is 1. The van der Waals surface area contributed by atoms with Gasteiger partial charge in [-0.2, -0.15) is 0 Å². The molecule has 0 saturated carbocycles. The maximum Gasteiger partial charge on any atom is 0.245 e. The minimum atomic E-state index is -0.174. The molecule has 0 aliphatic heterocycles. The average molecular weight is 382 g/mol. The van der Waals surface area contributed by atoms with Crippen LogP contribution in [0.1, 0.15) is 83.4 Å². The van der Waals surface area contributed by atoms with Crippen LogP contribution in [0, 0.1) is 6.92 Å². The van der Waals surface area contributed by atoms with E-state index < -0.39 is 0 Å². The van der Waals surface area contributed by atoms with Gasteiger partial charge in [-0.3, -0.25) is 9.59 Å². The van der Waals surface area contributed by atoms with Crippen molar-refractivity contribution in [3.8, 4) is 0 Å². The van der Waals surface area contributed by atoms with Crippen LogP contribution in [0.4, 0.5) is 5.13 Å². The quantitative estimate of drug-likeness (QED) is 0.480. The summed E-state index contributed by atoms with van der Waals surface area (Å²) in [6.07, 6.45) is 11.4. The maximum atomic E-state index is 12.6. The van der Waals surface area contributed by atoms with Crippen molar-refractivity contribution in [2.24, 2.45) is 0 Å². The first kappa shape index (κ1) is 22.6. The molecule has 1 atom stereocenters. The van der Waals surface area contributed by atoms with Crippen molar-refractivity contribution in [2.75, 3.05) is 11.9 Å². The van der Waals surface area contributed by atoms with Crippen LogP contribution in [0.25, 0.3) is 0 Å².